The molecule has 1 atom stereocenters. The van der Waals surface area contributed by atoms with Crippen LogP contribution in [0.5, 0.6) is 5.75 Å². The second kappa shape index (κ2) is 13.0. The Morgan fingerprint density at radius 1 is 1.21 bits per heavy atom. The van der Waals surface area contributed by atoms with Crippen molar-refractivity contribution in [3.63, 3.8) is 0 Å². The van der Waals surface area contributed by atoms with E-state index in [0.29, 0.717) is 17.7 Å². The number of aliphatic hydroxyl groups is 2. The molecule has 0 aromatic heterocycles. The van der Waals surface area contributed by atoms with Crippen LogP contribution in [0, 0.1) is 0 Å². The van der Waals surface area contributed by atoms with E-state index >= 15 is 0 Å². The van der Waals surface area contributed by atoms with E-state index < -0.39 is 16.5 Å². The van der Waals surface area contributed by atoms with Crippen LogP contribution in [0.25, 0.3) is 0 Å². The van der Waals surface area contributed by atoms with Crippen LogP contribution in [0.1, 0.15) is 38.0 Å². The molecule has 11 heteroatoms. The van der Waals surface area contributed by atoms with Gasteiger partial charge in [0.15, 0.2) is 0 Å². The number of hydrogen-bond acceptors (Lipinski definition) is 8. The fourth-order valence-corrected chi connectivity index (χ4v) is 1.46. The Bertz CT molecular complexity index is 568. The standard InChI is InChI=1S/C13H21NO3.2Na.H2O4S/c1-13(2,3)14-7-12(17)9-4-5-11(16)10(6-9)8-15;;;1-5(2,3)4/h4-6,12,14-17H,7-8H2,1-3H3;;;(H2,1,2,3,4)/q;2*+1;/p-2. The summed E-state index contributed by atoms with van der Waals surface area (Å²) < 4.78 is 34.1. The molecule has 24 heavy (non-hydrogen) atoms. The fraction of sp³-hybridized carbons (Fsp3) is 0.538. The molecule has 1 unspecified atom stereocenters. The zero-order valence-electron chi connectivity index (χ0n) is 14.6. The van der Waals surface area contributed by atoms with Gasteiger partial charge in [-0.2, -0.15) is 0 Å². The number of aliphatic hydroxyl groups excluding tert-OH is 2. The van der Waals surface area contributed by atoms with Gasteiger partial charge in [-0.25, -0.2) is 0 Å². The van der Waals surface area contributed by atoms with Gasteiger partial charge in [0.2, 0.25) is 0 Å². The molecule has 128 valence electrons. The summed E-state index contributed by atoms with van der Waals surface area (Å²) in [6, 6.07) is 4.76. The van der Waals surface area contributed by atoms with Crippen LogP contribution in [0.3, 0.4) is 0 Å². The van der Waals surface area contributed by atoms with E-state index in [9.17, 15) is 10.2 Å². The molecular formula is C13H21NNa2O7S. The first kappa shape index (κ1) is 29.5. The second-order valence-electron chi connectivity index (χ2n) is 5.60. The van der Waals surface area contributed by atoms with E-state index in [1.54, 1.807) is 12.1 Å². The Morgan fingerprint density at radius 2 is 1.67 bits per heavy atom. The van der Waals surface area contributed by atoms with Crippen LogP contribution in [-0.2, 0) is 17.0 Å². The maximum absolute atomic E-state index is 9.97. The van der Waals surface area contributed by atoms with Crippen LogP contribution in [0.4, 0.5) is 0 Å². The number of hydrogen-bond donors (Lipinski definition) is 4. The predicted octanol–water partition coefficient (Wildman–Crippen LogP) is -6.02. The molecule has 0 heterocycles. The molecule has 0 amide bonds. The van der Waals surface area contributed by atoms with Gasteiger partial charge in [0.05, 0.1) is 12.7 Å². The zero-order chi connectivity index (χ0) is 17.6. The monoisotopic (exact) mass is 381 g/mol. The van der Waals surface area contributed by atoms with Gasteiger partial charge in [0.25, 0.3) is 0 Å². The number of β-amino-alcohol motifs (C(OH)–C–C–N with tert-alkyl or cyclic N) is 1. The predicted molar refractivity (Wildman–Crippen MR) is 77.2 cm³/mol. The summed E-state index contributed by atoms with van der Waals surface area (Å²) in [4.78, 5) is 0. The number of benzene rings is 1. The number of nitrogens with one attached hydrogen (secondary N) is 1. The maximum atomic E-state index is 9.97. The molecule has 0 aliphatic rings. The average molecular weight is 381 g/mol. The van der Waals surface area contributed by atoms with Gasteiger partial charge in [-0.05, 0) is 38.5 Å². The van der Waals surface area contributed by atoms with E-state index in [1.807, 2.05) is 20.8 Å². The first-order chi connectivity index (χ1) is 9.83. The van der Waals surface area contributed by atoms with Gasteiger partial charge < -0.3 is 29.7 Å². The van der Waals surface area contributed by atoms with Crippen molar-refractivity contribution in [2.75, 3.05) is 6.54 Å². The third-order valence-corrected chi connectivity index (χ3v) is 2.48. The summed E-state index contributed by atoms with van der Waals surface area (Å²) in [6.45, 7) is 6.26. The quantitative estimate of drug-likeness (QED) is 0.228. The van der Waals surface area contributed by atoms with Crippen molar-refractivity contribution >= 4 is 10.4 Å². The molecule has 0 aliphatic carbocycles. The summed E-state index contributed by atoms with van der Waals surface area (Å²) in [5.74, 6) is 0.0484. The summed E-state index contributed by atoms with van der Waals surface area (Å²) in [6.07, 6.45) is -0.653. The van der Waals surface area contributed by atoms with E-state index in [0.717, 1.165) is 0 Å². The molecule has 0 radical (unpaired) electrons. The first-order valence-corrected chi connectivity index (χ1v) is 7.69. The van der Waals surface area contributed by atoms with Crippen LogP contribution in [0.15, 0.2) is 18.2 Å². The first-order valence-electron chi connectivity index (χ1n) is 6.36. The third-order valence-electron chi connectivity index (χ3n) is 2.48. The molecule has 8 nitrogen and oxygen atoms in total. The van der Waals surface area contributed by atoms with E-state index in [1.165, 1.54) is 6.07 Å². The molecule has 0 aliphatic heterocycles. The number of aromatic hydroxyl groups is 1. The van der Waals surface area contributed by atoms with Gasteiger partial charge in [0, 0.05) is 28.0 Å². The minimum Gasteiger partial charge on any atom is -0.759 e. The van der Waals surface area contributed by atoms with E-state index in [2.05, 4.69) is 5.32 Å². The SMILES string of the molecule is CC(C)(C)NCC(O)c1ccc(O)c(CO)c1.O=S(=O)([O-])[O-].[Na+].[Na+]. The normalized spacial score (nSPS) is 12.1. The molecule has 0 spiro atoms. The van der Waals surface area contributed by atoms with E-state index in [4.69, 9.17) is 22.6 Å². The van der Waals surface area contributed by atoms with Gasteiger partial charge in [-0.1, -0.05) is 6.07 Å². The van der Waals surface area contributed by atoms with Gasteiger partial charge >= 0.3 is 59.1 Å². The largest absolute Gasteiger partial charge is 1.00 e. The van der Waals surface area contributed by atoms with Crippen molar-refractivity contribution in [2.24, 2.45) is 0 Å². The van der Waals surface area contributed by atoms with Gasteiger partial charge in [-0.3, -0.25) is 8.42 Å². The van der Waals surface area contributed by atoms with Crippen LogP contribution in [0.2, 0.25) is 0 Å². The van der Waals surface area contributed by atoms with Crippen molar-refractivity contribution in [3.05, 3.63) is 29.3 Å². The molecule has 0 saturated heterocycles. The molecule has 0 bridgehead atoms. The number of rotatable bonds is 4. The van der Waals surface area contributed by atoms with Crippen molar-refractivity contribution in [1.82, 2.24) is 5.32 Å². The maximum Gasteiger partial charge on any atom is 1.00 e. The third kappa shape index (κ3) is 16.2. The van der Waals surface area contributed by atoms with Gasteiger partial charge in [-0.15, -0.1) is 0 Å². The Hall–Kier alpha value is 0.770. The Kier molecular flexibility index (Phi) is 16.0. The van der Waals surface area contributed by atoms with Crippen molar-refractivity contribution < 1.29 is 92.0 Å². The number of phenols is 1. The van der Waals surface area contributed by atoms with Crippen LogP contribution in [-0.4, -0.2) is 44.9 Å². The van der Waals surface area contributed by atoms with Crippen molar-refractivity contribution in [2.45, 2.75) is 39.0 Å². The summed E-state index contributed by atoms with van der Waals surface area (Å²) in [5.41, 5.74) is 1.05. The minimum atomic E-state index is -5.17. The Morgan fingerprint density at radius 3 is 2.04 bits per heavy atom. The molecule has 1 aromatic carbocycles. The molecule has 0 fully saturated rings. The van der Waals surface area contributed by atoms with Crippen LogP contribution >= 0.6 is 0 Å². The molecule has 4 N–H and O–H groups in total. The second-order valence-corrected chi connectivity index (χ2v) is 6.42. The Balaban J connectivity index is -0.000000554. The molecule has 1 rings (SSSR count). The molecule has 1 aromatic rings. The van der Waals surface area contributed by atoms with Crippen molar-refractivity contribution in [1.29, 1.82) is 0 Å². The van der Waals surface area contributed by atoms with Crippen molar-refractivity contribution in [3.8, 4) is 5.75 Å². The summed E-state index contributed by atoms with van der Waals surface area (Å²) in [5, 5.41) is 31.6. The summed E-state index contributed by atoms with van der Waals surface area (Å²) >= 11 is 0. The molecule has 0 saturated carbocycles. The fourth-order valence-electron chi connectivity index (χ4n) is 1.46. The topological polar surface area (TPSA) is 153 Å². The minimum absolute atomic E-state index is 0. The van der Waals surface area contributed by atoms with Gasteiger partial charge in [0.1, 0.15) is 5.75 Å². The Labute approximate surface area is 186 Å². The smallest absolute Gasteiger partial charge is 0.759 e. The molecular weight excluding hydrogens is 360 g/mol. The van der Waals surface area contributed by atoms with Crippen LogP contribution < -0.4 is 64.4 Å². The summed E-state index contributed by atoms with van der Waals surface area (Å²) in [7, 11) is -5.17. The zero-order valence-corrected chi connectivity index (χ0v) is 19.4. The average Bonchev–Trinajstić information content (AvgIpc) is 2.33. The van der Waals surface area contributed by atoms with E-state index in [-0.39, 0.29) is 77.0 Å².